The SMILES string of the molecule is CC1(C)[C@H](c2ccc(S(N)(=O)=O)cc2)[C@H]1c1nc2c(F)cc(F)cc2o1. The summed E-state index contributed by atoms with van der Waals surface area (Å²) in [6.07, 6.45) is 0. The number of primary sulfonamides is 1. The van der Waals surface area contributed by atoms with Crippen LogP contribution in [0.4, 0.5) is 8.78 Å². The summed E-state index contributed by atoms with van der Waals surface area (Å²) in [6, 6.07) is 8.20. The minimum absolute atomic E-state index is 0.00687. The maximum Gasteiger partial charge on any atom is 0.238 e. The Balaban J connectivity index is 1.71. The van der Waals surface area contributed by atoms with Gasteiger partial charge in [0.1, 0.15) is 11.3 Å². The number of nitrogens with zero attached hydrogens (tertiary/aromatic N) is 1. The van der Waals surface area contributed by atoms with E-state index in [1.165, 1.54) is 12.1 Å². The zero-order valence-electron chi connectivity index (χ0n) is 14.0. The third kappa shape index (κ3) is 2.60. The Bertz CT molecular complexity index is 1120. The zero-order valence-corrected chi connectivity index (χ0v) is 14.8. The molecule has 26 heavy (non-hydrogen) atoms. The molecule has 2 aromatic carbocycles. The smallest absolute Gasteiger partial charge is 0.238 e. The molecule has 0 aliphatic heterocycles. The highest BCUT2D eigenvalue weighted by molar-refractivity contribution is 7.89. The van der Waals surface area contributed by atoms with Crippen molar-refractivity contribution in [3.63, 3.8) is 0 Å². The standard InChI is InChI=1S/C18H16F2N2O3S/c1-18(2)14(9-3-5-11(6-4-9)26(21,23)24)15(18)17-22-16-12(20)7-10(19)8-13(16)25-17/h3-8,14-15H,1-2H3,(H2,21,23,24)/t14-,15+/m1/s1. The van der Waals surface area contributed by atoms with E-state index in [4.69, 9.17) is 9.56 Å². The molecular formula is C18H16F2N2O3S. The minimum Gasteiger partial charge on any atom is -0.440 e. The van der Waals surface area contributed by atoms with Gasteiger partial charge < -0.3 is 4.42 Å². The van der Waals surface area contributed by atoms with E-state index in [-0.39, 0.29) is 33.2 Å². The Hall–Kier alpha value is -2.32. The summed E-state index contributed by atoms with van der Waals surface area (Å²) in [6.45, 7) is 4.03. The van der Waals surface area contributed by atoms with E-state index >= 15 is 0 Å². The lowest BCUT2D eigenvalue weighted by molar-refractivity contribution is 0.492. The molecule has 5 nitrogen and oxygen atoms in total. The molecule has 0 amide bonds. The van der Waals surface area contributed by atoms with Crippen LogP contribution in [-0.2, 0) is 10.0 Å². The first-order valence-corrected chi connectivity index (χ1v) is 9.52. The van der Waals surface area contributed by atoms with Crippen molar-refractivity contribution in [3.8, 4) is 0 Å². The average molecular weight is 378 g/mol. The largest absolute Gasteiger partial charge is 0.440 e. The number of benzene rings is 2. The van der Waals surface area contributed by atoms with Gasteiger partial charge in [-0.1, -0.05) is 26.0 Å². The van der Waals surface area contributed by atoms with Crippen molar-refractivity contribution in [3.05, 3.63) is 59.5 Å². The van der Waals surface area contributed by atoms with Crippen LogP contribution in [0, 0.1) is 17.0 Å². The second-order valence-electron chi connectivity index (χ2n) is 7.18. The van der Waals surface area contributed by atoms with Crippen molar-refractivity contribution in [2.75, 3.05) is 0 Å². The van der Waals surface area contributed by atoms with E-state index in [9.17, 15) is 17.2 Å². The average Bonchev–Trinajstić information content (AvgIpc) is 2.88. The highest BCUT2D eigenvalue weighted by Crippen LogP contribution is 2.69. The lowest BCUT2D eigenvalue weighted by atomic mass is 10.0. The first kappa shape index (κ1) is 17.1. The molecule has 4 rings (SSSR count). The molecule has 1 heterocycles. The molecule has 0 bridgehead atoms. The summed E-state index contributed by atoms with van der Waals surface area (Å²) in [5, 5.41) is 5.12. The fourth-order valence-corrected chi connectivity index (χ4v) is 4.21. The van der Waals surface area contributed by atoms with E-state index in [0.717, 1.165) is 17.7 Å². The maximum atomic E-state index is 13.9. The topological polar surface area (TPSA) is 86.2 Å². The van der Waals surface area contributed by atoms with Gasteiger partial charge in [0.05, 0.1) is 4.90 Å². The van der Waals surface area contributed by atoms with Crippen molar-refractivity contribution < 1.29 is 21.6 Å². The zero-order chi connectivity index (χ0) is 18.9. The van der Waals surface area contributed by atoms with Crippen molar-refractivity contribution >= 4 is 21.1 Å². The van der Waals surface area contributed by atoms with E-state index in [0.29, 0.717) is 5.89 Å². The Morgan fingerprint density at radius 2 is 1.77 bits per heavy atom. The summed E-state index contributed by atoms with van der Waals surface area (Å²) in [5.41, 5.74) is 0.760. The van der Waals surface area contributed by atoms with E-state index < -0.39 is 21.7 Å². The molecule has 8 heteroatoms. The Kier molecular flexibility index (Phi) is 3.51. The second-order valence-corrected chi connectivity index (χ2v) is 8.74. The van der Waals surface area contributed by atoms with E-state index in [1.54, 1.807) is 12.1 Å². The van der Waals surface area contributed by atoms with Gasteiger partial charge in [-0.15, -0.1) is 0 Å². The molecule has 0 saturated heterocycles. The van der Waals surface area contributed by atoms with Gasteiger partial charge in [0.2, 0.25) is 10.0 Å². The molecule has 2 N–H and O–H groups in total. The van der Waals surface area contributed by atoms with Crippen LogP contribution in [0.15, 0.2) is 45.7 Å². The monoisotopic (exact) mass is 378 g/mol. The molecule has 2 atom stereocenters. The Morgan fingerprint density at radius 1 is 1.12 bits per heavy atom. The maximum absolute atomic E-state index is 13.9. The Morgan fingerprint density at radius 3 is 2.38 bits per heavy atom. The number of fused-ring (bicyclic) bond motifs is 1. The van der Waals surface area contributed by atoms with Crippen LogP contribution in [0.3, 0.4) is 0 Å². The molecule has 0 unspecified atom stereocenters. The molecule has 3 aromatic rings. The normalized spacial score (nSPS) is 21.9. The first-order chi connectivity index (χ1) is 12.1. The number of hydrogen-bond acceptors (Lipinski definition) is 4. The van der Waals surface area contributed by atoms with Crippen LogP contribution in [0.2, 0.25) is 0 Å². The molecule has 1 aliphatic carbocycles. The van der Waals surface area contributed by atoms with Crippen LogP contribution in [-0.4, -0.2) is 13.4 Å². The minimum atomic E-state index is -3.75. The predicted molar refractivity (Wildman–Crippen MR) is 91.0 cm³/mol. The van der Waals surface area contributed by atoms with Crippen molar-refractivity contribution in [2.45, 2.75) is 30.6 Å². The summed E-state index contributed by atoms with van der Waals surface area (Å²) in [7, 11) is -3.75. The van der Waals surface area contributed by atoms with E-state index in [2.05, 4.69) is 4.98 Å². The van der Waals surface area contributed by atoms with Crippen molar-refractivity contribution in [1.29, 1.82) is 0 Å². The summed E-state index contributed by atoms with van der Waals surface area (Å²) >= 11 is 0. The van der Waals surface area contributed by atoms with Crippen LogP contribution < -0.4 is 5.14 Å². The quantitative estimate of drug-likeness (QED) is 0.754. The number of hydrogen-bond donors (Lipinski definition) is 1. The molecule has 0 spiro atoms. The van der Waals surface area contributed by atoms with Crippen LogP contribution in [0.1, 0.15) is 37.1 Å². The number of oxazole rings is 1. The highest BCUT2D eigenvalue weighted by Gasteiger charge is 2.61. The molecule has 136 valence electrons. The van der Waals surface area contributed by atoms with Crippen LogP contribution in [0.25, 0.3) is 11.1 Å². The third-order valence-electron chi connectivity index (χ3n) is 5.09. The first-order valence-electron chi connectivity index (χ1n) is 7.97. The van der Waals surface area contributed by atoms with Gasteiger partial charge in [-0.2, -0.15) is 0 Å². The number of rotatable bonds is 3. The van der Waals surface area contributed by atoms with Crippen LogP contribution in [0.5, 0.6) is 0 Å². The van der Waals surface area contributed by atoms with Gasteiger partial charge in [-0.3, -0.25) is 0 Å². The van der Waals surface area contributed by atoms with Crippen LogP contribution >= 0.6 is 0 Å². The number of nitrogens with two attached hydrogens (primary N) is 1. The van der Waals surface area contributed by atoms with Crippen molar-refractivity contribution in [2.24, 2.45) is 10.6 Å². The number of sulfonamides is 1. The predicted octanol–water partition coefficient (Wildman–Crippen LogP) is 3.66. The molecule has 0 radical (unpaired) electrons. The number of halogens is 2. The molecule has 1 fully saturated rings. The molecule has 1 aliphatic rings. The van der Waals surface area contributed by atoms with Gasteiger partial charge in [0.25, 0.3) is 0 Å². The highest BCUT2D eigenvalue weighted by atomic mass is 32.2. The van der Waals surface area contributed by atoms with Gasteiger partial charge >= 0.3 is 0 Å². The lowest BCUT2D eigenvalue weighted by Gasteiger charge is -2.04. The fourth-order valence-electron chi connectivity index (χ4n) is 3.69. The lowest BCUT2D eigenvalue weighted by Crippen LogP contribution is -2.11. The van der Waals surface area contributed by atoms with Crippen molar-refractivity contribution in [1.82, 2.24) is 4.98 Å². The molecular weight excluding hydrogens is 362 g/mol. The number of aromatic nitrogens is 1. The van der Waals surface area contributed by atoms with Gasteiger partial charge in [-0.05, 0) is 23.1 Å². The molecule has 1 saturated carbocycles. The van der Waals surface area contributed by atoms with Gasteiger partial charge in [0, 0.05) is 24.0 Å². The van der Waals surface area contributed by atoms with Gasteiger partial charge in [-0.25, -0.2) is 27.3 Å². The summed E-state index contributed by atoms with van der Waals surface area (Å²) in [5.74, 6) is -1.25. The Labute approximate surface area is 148 Å². The van der Waals surface area contributed by atoms with E-state index in [1.807, 2.05) is 13.8 Å². The van der Waals surface area contributed by atoms with Gasteiger partial charge in [0.15, 0.2) is 17.3 Å². The fraction of sp³-hybridized carbons (Fsp3) is 0.278. The third-order valence-corrected chi connectivity index (χ3v) is 6.02. The summed E-state index contributed by atoms with van der Waals surface area (Å²) in [4.78, 5) is 4.26. The molecule has 1 aromatic heterocycles. The summed E-state index contributed by atoms with van der Waals surface area (Å²) < 4.78 is 55.6. The second kappa shape index (κ2) is 5.34.